The van der Waals surface area contributed by atoms with Crippen molar-refractivity contribution in [1.29, 1.82) is 0 Å². The van der Waals surface area contributed by atoms with Gasteiger partial charge in [0.25, 0.3) is 0 Å². The van der Waals surface area contributed by atoms with Crippen LogP contribution in [0.4, 0.5) is 0 Å². The van der Waals surface area contributed by atoms with E-state index >= 15 is 0 Å². The van der Waals surface area contributed by atoms with Crippen molar-refractivity contribution in [3.63, 3.8) is 0 Å². The second-order valence-electron chi connectivity index (χ2n) is 6.61. The monoisotopic (exact) mass is 240 g/mol. The lowest BCUT2D eigenvalue weighted by molar-refractivity contribution is -0.155. The van der Waals surface area contributed by atoms with E-state index in [1.807, 2.05) is 20.8 Å². The molecule has 0 saturated heterocycles. The molecule has 2 bridgehead atoms. The van der Waals surface area contributed by atoms with Crippen LogP contribution in [0, 0.1) is 17.8 Å². The molecule has 0 amide bonds. The Hall–Kier alpha value is -0.570. The maximum absolute atomic E-state index is 11.6. The molecule has 2 aliphatic carbocycles. The van der Waals surface area contributed by atoms with Crippen LogP contribution in [0.5, 0.6) is 0 Å². The van der Waals surface area contributed by atoms with Gasteiger partial charge in [-0.2, -0.15) is 0 Å². The minimum absolute atomic E-state index is 0.132. The third-order valence-corrected chi connectivity index (χ3v) is 4.14. The van der Waals surface area contributed by atoms with Crippen LogP contribution < -0.4 is 0 Å². The molecule has 2 fully saturated rings. The van der Waals surface area contributed by atoms with Crippen LogP contribution in [0.3, 0.4) is 0 Å². The molecule has 0 aliphatic heterocycles. The van der Waals surface area contributed by atoms with Crippen LogP contribution in [-0.4, -0.2) is 22.8 Å². The Morgan fingerprint density at radius 2 is 1.94 bits per heavy atom. The van der Waals surface area contributed by atoms with E-state index < -0.39 is 5.60 Å². The third-order valence-electron chi connectivity index (χ3n) is 4.14. The van der Waals surface area contributed by atoms with Gasteiger partial charge in [-0.15, -0.1) is 0 Å². The molecule has 0 aromatic heterocycles. The van der Waals surface area contributed by atoms with E-state index in [-0.39, 0.29) is 12.1 Å². The smallest absolute Gasteiger partial charge is 0.306 e. The van der Waals surface area contributed by atoms with Gasteiger partial charge >= 0.3 is 5.97 Å². The highest BCUT2D eigenvalue weighted by Gasteiger charge is 2.46. The number of aliphatic hydroxyl groups is 1. The summed E-state index contributed by atoms with van der Waals surface area (Å²) in [6.07, 6.45) is 4.64. The molecule has 4 atom stereocenters. The average Bonchev–Trinajstić information content (AvgIpc) is 2.73. The Kier molecular flexibility index (Phi) is 3.48. The first-order valence-corrected chi connectivity index (χ1v) is 6.77. The summed E-state index contributed by atoms with van der Waals surface area (Å²) < 4.78 is 5.29. The molecule has 2 saturated carbocycles. The summed E-state index contributed by atoms with van der Waals surface area (Å²) in [6.45, 7) is 5.66. The molecule has 2 rings (SSSR count). The molecule has 0 unspecified atom stereocenters. The predicted octanol–water partition coefficient (Wildman–Crippen LogP) is 2.52. The minimum atomic E-state index is -0.398. The minimum Gasteiger partial charge on any atom is -0.460 e. The number of hydrogen-bond acceptors (Lipinski definition) is 3. The van der Waals surface area contributed by atoms with Crippen molar-refractivity contribution >= 4 is 5.97 Å². The van der Waals surface area contributed by atoms with Crippen LogP contribution >= 0.6 is 0 Å². The molecular formula is C14H24O3. The largest absolute Gasteiger partial charge is 0.460 e. The predicted molar refractivity (Wildman–Crippen MR) is 65.4 cm³/mol. The van der Waals surface area contributed by atoms with Crippen molar-refractivity contribution in [1.82, 2.24) is 0 Å². The summed E-state index contributed by atoms with van der Waals surface area (Å²) in [4.78, 5) is 11.6. The molecule has 3 heteroatoms. The molecule has 2 aliphatic rings. The van der Waals surface area contributed by atoms with Gasteiger partial charge in [0.1, 0.15) is 5.60 Å². The molecule has 0 heterocycles. The van der Waals surface area contributed by atoms with Crippen molar-refractivity contribution in [2.24, 2.45) is 17.8 Å². The molecule has 1 N–H and O–H groups in total. The van der Waals surface area contributed by atoms with Gasteiger partial charge in [-0.3, -0.25) is 4.79 Å². The summed E-state index contributed by atoms with van der Waals surface area (Å²) in [6, 6.07) is 0. The van der Waals surface area contributed by atoms with Gasteiger partial charge in [0.05, 0.1) is 6.10 Å². The fourth-order valence-corrected chi connectivity index (χ4v) is 3.46. The van der Waals surface area contributed by atoms with Crippen molar-refractivity contribution in [3.05, 3.63) is 0 Å². The molecule has 0 spiro atoms. The molecular weight excluding hydrogens is 216 g/mol. The number of carbonyl (C=O) groups is 1. The fraction of sp³-hybridized carbons (Fsp3) is 0.929. The van der Waals surface area contributed by atoms with Gasteiger partial charge in [-0.25, -0.2) is 0 Å². The Bertz CT molecular complexity index is 290. The average molecular weight is 240 g/mol. The SMILES string of the molecule is CC(C)(C)OC(=O)CC[C@H]1[C@@H]2CC[C@@H](C2)[C@H]1O. The normalized spacial score (nSPS) is 36.2. The zero-order valence-corrected chi connectivity index (χ0v) is 11.1. The summed E-state index contributed by atoms with van der Waals surface area (Å²) in [5.41, 5.74) is -0.398. The quantitative estimate of drug-likeness (QED) is 0.771. The van der Waals surface area contributed by atoms with Crippen molar-refractivity contribution in [2.75, 3.05) is 0 Å². The number of esters is 1. The van der Waals surface area contributed by atoms with Gasteiger partial charge in [0, 0.05) is 6.42 Å². The summed E-state index contributed by atoms with van der Waals surface area (Å²) >= 11 is 0. The zero-order valence-electron chi connectivity index (χ0n) is 11.1. The van der Waals surface area contributed by atoms with E-state index in [2.05, 4.69) is 0 Å². The third kappa shape index (κ3) is 3.01. The lowest BCUT2D eigenvalue weighted by Gasteiger charge is -2.27. The number of rotatable bonds is 3. The van der Waals surface area contributed by atoms with E-state index in [0.717, 1.165) is 6.42 Å². The van der Waals surface area contributed by atoms with E-state index in [1.54, 1.807) is 0 Å². The first kappa shape index (κ1) is 12.9. The number of fused-ring (bicyclic) bond motifs is 2. The highest BCUT2D eigenvalue weighted by atomic mass is 16.6. The van der Waals surface area contributed by atoms with Crippen molar-refractivity contribution in [3.8, 4) is 0 Å². The van der Waals surface area contributed by atoms with E-state index in [1.165, 1.54) is 19.3 Å². The summed E-state index contributed by atoms with van der Waals surface area (Å²) in [5, 5.41) is 10.1. The van der Waals surface area contributed by atoms with Crippen LogP contribution in [0.25, 0.3) is 0 Å². The first-order chi connectivity index (χ1) is 7.87. The van der Waals surface area contributed by atoms with Gasteiger partial charge < -0.3 is 9.84 Å². The Morgan fingerprint density at radius 1 is 1.29 bits per heavy atom. The van der Waals surface area contributed by atoms with E-state index in [9.17, 15) is 9.90 Å². The van der Waals surface area contributed by atoms with Crippen LogP contribution in [0.2, 0.25) is 0 Å². The number of ether oxygens (including phenoxy) is 1. The second kappa shape index (κ2) is 4.60. The standard InChI is InChI=1S/C14H24O3/c1-14(2,3)17-12(15)7-6-11-9-4-5-10(8-9)13(11)16/h9-11,13,16H,4-8H2,1-3H3/t9-,10+,11+,13-/m1/s1. The second-order valence-corrected chi connectivity index (χ2v) is 6.61. The molecule has 3 nitrogen and oxygen atoms in total. The molecule has 0 aromatic carbocycles. The Labute approximate surface area is 104 Å². The number of aliphatic hydroxyl groups excluding tert-OH is 1. The summed E-state index contributed by atoms with van der Waals surface area (Å²) in [7, 11) is 0. The first-order valence-electron chi connectivity index (χ1n) is 6.77. The van der Waals surface area contributed by atoms with E-state index in [4.69, 9.17) is 4.74 Å². The van der Waals surface area contributed by atoms with Crippen LogP contribution in [0.15, 0.2) is 0 Å². The number of carbonyl (C=O) groups excluding carboxylic acids is 1. The van der Waals surface area contributed by atoms with Crippen LogP contribution in [0.1, 0.15) is 52.9 Å². The van der Waals surface area contributed by atoms with Crippen molar-refractivity contribution in [2.45, 2.75) is 64.6 Å². The fourth-order valence-electron chi connectivity index (χ4n) is 3.46. The molecule has 0 radical (unpaired) electrons. The van der Waals surface area contributed by atoms with Gasteiger partial charge in [0.2, 0.25) is 0 Å². The van der Waals surface area contributed by atoms with Crippen LogP contribution in [-0.2, 0) is 9.53 Å². The lowest BCUT2D eigenvalue weighted by atomic mass is 9.83. The summed E-state index contributed by atoms with van der Waals surface area (Å²) in [5.74, 6) is 1.36. The maximum atomic E-state index is 11.6. The zero-order chi connectivity index (χ0) is 12.6. The highest BCUT2D eigenvalue weighted by Crippen LogP contribution is 2.50. The van der Waals surface area contributed by atoms with E-state index in [0.29, 0.717) is 24.2 Å². The number of hydrogen-bond donors (Lipinski definition) is 1. The van der Waals surface area contributed by atoms with Gasteiger partial charge in [-0.1, -0.05) is 0 Å². The lowest BCUT2D eigenvalue weighted by Crippen LogP contribution is -2.29. The topological polar surface area (TPSA) is 46.5 Å². The molecule has 0 aromatic rings. The molecule has 17 heavy (non-hydrogen) atoms. The molecule has 98 valence electrons. The Balaban J connectivity index is 1.77. The van der Waals surface area contributed by atoms with Gasteiger partial charge in [0.15, 0.2) is 0 Å². The maximum Gasteiger partial charge on any atom is 0.306 e. The Morgan fingerprint density at radius 3 is 2.47 bits per heavy atom. The van der Waals surface area contributed by atoms with Crippen molar-refractivity contribution < 1.29 is 14.6 Å². The van der Waals surface area contributed by atoms with Gasteiger partial charge in [-0.05, 0) is 64.2 Å². The highest BCUT2D eigenvalue weighted by molar-refractivity contribution is 5.69.